The minimum absolute atomic E-state index is 0.106. The second-order valence-corrected chi connectivity index (χ2v) is 2.99. The van der Waals surface area contributed by atoms with Gasteiger partial charge in [-0.1, -0.05) is 12.7 Å². The highest BCUT2D eigenvalue weighted by atomic mass is 35.5. The first-order chi connectivity index (χ1) is 4.77. The van der Waals surface area contributed by atoms with Crippen LogP contribution in [0.2, 0.25) is 6.32 Å². The van der Waals surface area contributed by atoms with Crippen molar-refractivity contribution in [1.82, 2.24) is 0 Å². The number of hydrogen-bond acceptors (Lipinski definition) is 1. The Balaban J connectivity index is 2.98. The van der Waals surface area contributed by atoms with Gasteiger partial charge < -0.3 is 0 Å². The third-order valence-corrected chi connectivity index (χ3v) is 1.41. The largest absolute Gasteiger partial charge is 0.263 e. The third kappa shape index (κ3) is 8.60. The van der Waals surface area contributed by atoms with Crippen LogP contribution in [0.3, 0.4) is 0 Å². The summed E-state index contributed by atoms with van der Waals surface area (Å²) in [6.45, 7) is 2.30. The number of aliphatic imine (C=N–C) groups is 1. The van der Waals surface area contributed by atoms with Gasteiger partial charge in [0.05, 0.1) is 0 Å². The topological polar surface area (TPSA) is 12.4 Å². The molecule has 5 heteroatoms. The summed E-state index contributed by atoms with van der Waals surface area (Å²) >= 11 is 15.9. The van der Waals surface area contributed by atoms with Crippen molar-refractivity contribution in [2.24, 2.45) is 4.99 Å². The zero-order chi connectivity index (χ0) is 7.82. The zero-order valence-corrected chi connectivity index (χ0v) is 7.75. The van der Waals surface area contributed by atoms with Gasteiger partial charge in [0.2, 0.25) is 6.69 Å². The van der Waals surface area contributed by atoms with Gasteiger partial charge in [-0.15, -0.1) is 0 Å². The summed E-state index contributed by atoms with van der Waals surface area (Å²) in [5.41, 5.74) is 0. The molecule has 0 rings (SSSR count). The molecule has 0 saturated carbocycles. The van der Waals surface area contributed by atoms with E-state index in [4.69, 9.17) is 34.7 Å². The van der Waals surface area contributed by atoms with Gasteiger partial charge >= 0.3 is 0 Å². The smallest absolute Gasteiger partial charge is 0.238 e. The third-order valence-electron chi connectivity index (χ3n) is 0.953. The molecule has 10 heavy (non-hydrogen) atoms. The van der Waals surface area contributed by atoms with E-state index in [1.165, 1.54) is 0 Å². The lowest BCUT2D eigenvalue weighted by Crippen LogP contribution is -1.85. The Morgan fingerprint density at radius 1 is 1.30 bits per heavy atom. The number of rotatable bonds is 5. The molecule has 0 atom stereocenters. The quantitative estimate of drug-likeness (QED) is 0.367. The van der Waals surface area contributed by atoms with Crippen LogP contribution in [0, 0.1) is 0 Å². The van der Waals surface area contributed by atoms with E-state index < -0.39 is 0 Å². The molecule has 1 radical (unpaired) electrons. The van der Waals surface area contributed by atoms with Crippen molar-refractivity contribution in [3.05, 3.63) is 0 Å². The maximum Gasteiger partial charge on any atom is 0.238 e. The molecule has 0 N–H and O–H groups in total. The Bertz CT molecular complexity index is 103. The van der Waals surface area contributed by atoms with Crippen molar-refractivity contribution in [3.63, 3.8) is 0 Å². The second-order valence-electron chi connectivity index (χ2n) is 1.77. The molecule has 0 spiro atoms. The molecular weight excluding hydrogens is 191 g/mol. The summed E-state index contributed by atoms with van der Waals surface area (Å²) in [6.07, 6.45) is 2.93. The van der Waals surface area contributed by atoms with Gasteiger partial charge in [-0.2, -0.15) is 0 Å². The van der Waals surface area contributed by atoms with E-state index >= 15 is 0 Å². The number of halogens is 3. The molecule has 0 aliphatic carbocycles. The molecule has 0 aromatic heterocycles. The molecule has 57 valence electrons. The minimum Gasteiger partial charge on any atom is -0.263 e. The van der Waals surface area contributed by atoms with E-state index in [1.807, 2.05) is 0 Å². The average Bonchev–Trinajstić information content (AvgIpc) is 1.87. The summed E-state index contributed by atoms with van der Waals surface area (Å²) in [5, 5.41) is 0. The normalized spacial score (nSPS) is 9.10. The van der Waals surface area contributed by atoms with Gasteiger partial charge in [-0.3, -0.25) is 4.99 Å². The minimum atomic E-state index is 0.106. The lowest BCUT2D eigenvalue weighted by molar-refractivity contribution is 0.808. The second kappa shape index (κ2) is 7.71. The first-order valence-electron chi connectivity index (χ1n) is 3.04. The summed E-state index contributed by atoms with van der Waals surface area (Å²) < 4.78 is 0.106. The van der Waals surface area contributed by atoms with Crippen LogP contribution in [-0.2, 0) is 0 Å². The monoisotopic (exact) mass is 198 g/mol. The highest BCUT2D eigenvalue weighted by Crippen LogP contribution is 1.99. The van der Waals surface area contributed by atoms with Crippen molar-refractivity contribution in [2.45, 2.75) is 19.2 Å². The molecule has 0 aromatic carbocycles. The number of nitrogens with zero attached hydrogens (tertiary/aromatic N) is 1. The molecule has 0 amide bonds. The van der Waals surface area contributed by atoms with Crippen molar-refractivity contribution in [2.75, 3.05) is 6.54 Å². The molecule has 1 nitrogen and oxygen atoms in total. The fourth-order valence-corrected chi connectivity index (χ4v) is 0.820. The molecular formula is C5H8BCl3N. The van der Waals surface area contributed by atoms with Gasteiger partial charge in [0.15, 0.2) is 4.63 Å². The van der Waals surface area contributed by atoms with Crippen LogP contribution >= 0.6 is 34.7 Å². The Kier molecular flexibility index (Phi) is 8.18. The standard InChI is InChI=1S/C5H8BCl3N/c7-5(8)10-4-2-1-3-6-9/h1-4H2. The van der Waals surface area contributed by atoms with Gasteiger partial charge in [-0.25, -0.2) is 11.5 Å². The zero-order valence-electron chi connectivity index (χ0n) is 5.49. The fraction of sp³-hybridized carbons (Fsp3) is 0.800. The van der Waals surface area contributed by atoms with Crippen LogP contribution in [0.15, 0.2) is 4.99 Å². The predicted molar refractivity (Wildman–Crippen MR) is 49.7 cm³/mol. The van der Waals surface area contributed by atoms with E-state index in [0.29, 0.717) is 6.54 Å². The molecule has 0 unspecified atom stereocenters. The van der Waals surface area contributed by atoms with E-state index in [9.17, 15) is 0 Å². The lowest BCUT2D eigenvalue weighted by Gasteiger charge is -1.91. The fourth-order valence-electron chi connectivity index (χ4n) is 0.497. The molecule has 0 aliphatic rings. The van der Waals surface area contributed by atoms with Gasteiger partial charge in [0.25, 0.3) is 0 Å². The first kappa shape index (κ1) is 10.6. The highest BCUT2D eigenvalue weighted by molar-refractivity contribution is 6.95. The highest BCUT2D eigenvalue weighted by Gasteiger charge is 1.88. The maximum atomic E-state index is 5.33. The molecule has 0 saturated heterocycles. The van der Waals surface area contributed by atoms with Crippen LogP contribution < -0.4 is 0 Å². The predicted octanol–water partition coefficient (Wildman–Crippen LogP) is 2.88. The van der Waals surface area contributed by atoms with Gasteiger partial charge in [-0.05, 0) is 29.6 Å². The van der Waals surface area contributed by atoms with E-state index in [-0.39, 0.29) is 4.63 Å². The maximum absolute atomic E-state index is 5.33. The van der Waals surface area contributed by atoms with Crippen molar-refractivity contribution in [1.29, 1.82) is 0 Å². The van der Waals surface area contributed by atoms with Gasteiger partial charge in [0, 0.05) is 6.54 Å². The summed E-state index contributed by atoms with van der Waals surface area (Å²) in [7, 11) is 0. The van der Waals surface area contributed by atoms with Crippen molar-refractivity contribution < 1.29 is 0 Å². The Morgan fingerprint density at radius 2 is 2.00 bits per heavy atom. The van der Waals surface area contributed by atoms with E-state index in [1.54, 1.807) is 6.69 Å². The van der Waals surface area contributed by atoms with Crippen LogP contribution in [0.25, 0.3) is 0 Å². The van der Waals surface area contributed by atoms with E-state index in [2.05, 4.69) is 4.99 Å². The number of unbranched alkanes of at least 4 members (excludes halogenated alkanes) is 1. The van der Waals surface area contributed by atoms with Gasteiger partial charge in [0.1, 0.15) is 0 Å². The SMILES string of the molecule is Cl[B]CCCCN=C(Cl)Cl. The summed E-state index contributed by atoms with van der Waals surface area (Å²) in [6, 6.07) is 0. The number of hydrogen-bond donors (Lipinski definition) is 0. The summed E-state index contributed by atoms with van der Waals surface area (Å²) in [4.78, 5) is 3.79. The Hall–Kier alpha value is 0.605. The first-order valence-corrected chi connectivity index (χ1v) is 4.24. The molecule has 0 heterocycles. The molecule has 0 aliphatic heterocycles. The van der Waals surface area contributed by atoms with Crippen molar-refractivity contribution in [3.8, 4) is 0 Å². The van der Waals surface area contributed by atoms with Crippen molar-refractivity contribution >= 4 is 46.0 Å². The molecule has 0 fully saturated rings. The lowest BCUT2D eigenvalue weighted by atomic mass is 9.99. The summed E-state index contributed by atoms with van der Waals surface area (Å²) in [5.74, 6) is 0. The van der Waals surface area contributed by atoms with Crippen LogP contribution in [0.4, 0.5) is 0 Å². The molecule has 0 bridgehead atoms. The van der Waals surface area contributed by atoms with Crippen LogP contribution in [-0.4, -0.2) is 17.9 Å². The Morgan fingerprint density at radius 3 is 2.50 bits per heavy atom. The Labute approximate surface area is 76.9 Å². The van der Waals surface area contributed by atoms with E-state index in [0.717, 1.165) is 19.2 Å². The van der Waals surface area contributed by atoms with Crippen LogP contribution in [0.1, 0.15) is 12.8 Å². The molecule has 0 aromatic rings. The van der Waals surface area contributed by atoms with Crippen LogP contribution in [0.5, 0.6) is 0 Å². The average molecular weight is 199 g/mol.